The lowest BCUT2D eigenvalue weighted by Crippen LogP contribution is -2.45. The van der Waals surface area contributed by atoms with E-state index in [1.807, 2.05) is 0 Å². The number of hydrogen-bond acceptors (Lipinski definition) is 2. The first-order chi connectivity index (χ1) is 9.31. The molecule has 2 unspecified atom stereocenters. The Kier molecular flexibility index (Phi) is 4.71. The molecule has 2 aliphatic heterocycles. The largest absolute Gasteiger partial charge is 0.370 e. The predicted molar refractivity (Wildman–Crippen MR) is 79.9 cm³/mol. The van der Waals surface area contributed by atoms with E-state index in [-0.39, 0.29) is 5.60 Å². The third-order valence-corrected chi connectivity index (χ3v) is 5.82. The minimum absolute atomic E-state index is 0.273. The topological polar surface area (TPSA) is 12.5 Å². The molecular formula is C16H28ClNO. The number of alkyl halides is 1. The molecule has 0 aromatic rings. The Bertz CT molecular complexity index is 290. The highest BCUT2D eigenvalue weighted by Gasteiger charge is 2.41. The molecule has 1 saturated carbocycles. The third-order valence-electron chi connectivity index (χ3n) is 5.47. The average Bonchev–Trinajstić information content (AvgIpc) is 2.83. The zero-order valence-electron chi connectivity index (χ0n) is 12.1. The molecule has 0 N–H and O–H groups in total. The Labute approximate surface area is 122 Å². The predicted octanol–water partition coefficient (Wildman–Crippen LogP) is 3.96. The lowest BCUT2D eigenvalue weighted by molar-refractivity contribution is -0.0758. The van der Waals surface area contributed by atoms with Crippen molar-refractivity contribution in [1.82, 2.24) is 4.90 Å². The molecule has 2 heterocycles. The van der Waals surface area contributed by atoms with Gasteiger partial charge in [0.1, 0.15) is 0 Å². The summed E-state index contributed by atoms with van der Waals surface area (Å²) in [7, 11) is 0. The van der Waals surface area contributed by atoms with Crippen LogP contribution in [0.15, 0.2) is 0 Å². The van der Waals surface area contributed by atoms with E-state index in [2.05, 4.69) is 4.90 Å². The van der Waals surface area contributed by atoms with E-state index in [1.54, 1.807) is 0 Å². The fourth-order valence-electron chi connectivity index (χ4n) is 4.32. The summed E-state index contributed by atoms with van der Waals surface area (Å²) in [5, 5.41) is 0. The van der Waals surface area contributed by atoms with Crippen molar-refractivity contribution in [2.45, 2.75) is 82.0 Å². The number of halogens is 1. The van der Waals surface area contributed by atoms with Gasteiger partial charge in [-0.25, -0.2) is 0 Å². The van der Waals surface area contributed by atoms with Gasteiger partial charge in [-0.05, 0) is 45.1 Å². The second-order valence-corrected chi connectivity index (χ2v) is 7.13. The van der Waals surface area contributed by atoms with Crippen LogP contribution in [0.4, 0.5) is 0 Å². The van der Waals surface area contributed by atoms with Crippen LogP contribution in [0.5, 0.6) is 0 Å². The maximum Gasteiger partial charge on any atom is 0.0710 e. The first-order valence-corrected chi connectivity index (χ1v) is 8.83. The van der Waals surface area contributed by atoms with Crippen LogP contribution in [-0.2, 0) is 4.74 Å². The van der Waals surface area contributed by atoms with E-state index >= 15 is 0 Å². The normalized spacial score (nSPS) is 35.8. The molecule has 0 radical (unpaired) electrons. The van der Waals surface area contributed by atoms with Gasteiger partial charge < -0.3 is 4.74 Å². The van der Waals surface area contributed by atoms with Crippen molar-refractivity contribution >= 4 is 11.6 Å². The van der Waals surface area contributed by atoms with Gasteiger partial charge in [-0.15, -0.1) is 11.6 Å². The summed E-state index contributed by atoms with van der Waals surface area (Å²) < 4.78 is 6.50. The average molecular weight is 286 g/mol. The van der Waals surface area contributed by atoms with Gasteiger partial charge in [-0.1, -0.05) is 25.7 Å². The summed E-state index contributed by atoms with van der Waals surface area (Å²) in [5.74, 6) is 0.790. The highest BCUT2D eigenvalue weighted by Crippen LogP contribution is 2.42. The number of likely N-dealkylation sites (tertiary alicyclic amines) is 1. The van der Waals surface area contributed by atoms with Crippen molar-refractivity contribution < 1.29 is 4.74 Å². The van der Waals surface area contributed by atoms with Gasteiger partial charge in [0.15, 0.2) is 0 Å². The summed E-state index contributed by atoms with van der Waals surface area (Å²) >= 11 is 6.12. The smallest absolute Gasteiger partial charge is 0.0710 e. The van der Waals surface area contributed by atoms with E-state index in [0.717, 1.165) is 12.4 Å². The van der Waals surface area contributed by atoms with Gasteiger partial charge in [0.2, 0.25) is 0 Å². The zero-order valence-corrected chi connectivity index (χ0v) is 12.8. The second-order valence-electron chi connectivity index (χ2n) is 6.82. The van der Waals surface area contributed by atoms with Crippen LogP contribution in [0.1, 0.15) is 64.2 Å². The van der Waals surface area contributed by atoms with Gasteiger partial charge in [-0.2, -0.15) is 0 Å². The molecule has 19 heavy (non-hydrogen) atoms. The van der Waals surface area contributed by atoms with Gasteiger partial charge in [0.05, 0.1) is 11.7 Å². The standard InChI is InChI=1S/C16H28ClNO/c17-12-14-6-2-5-11-18(14)13-15-7-10-16(19-15)8-3-1-4-9-16/h14-15H,1-13H2. The molecule has 0 aromatic heterocycles. The van der Waals surface area contributed by atoms with Crippen molar-refractivity contribution in [2.24, 2.45) is 0 Å². The van der Waals surface area contributed by atoms with Gasteiger partial charge >= 0.3 is 0 Å². The molecule has 3 heteroatoms. The monoisotopic (exact) mass is 285 g/mol. The van der Waals surface area contributed by atoms with E-state index < -0.39 is 0 Å². The van der Waals surface area contributed by atoms with Crippen molar-refractivity contribution in [1.29, 1.82) is 0 Å². The van der Waals surface area contributed by atoms with Crippen LogP contribution in [0.3, 0.4) is 0 Å². The highest BCUT2D eigenvalue weighted by molar-refractivity contribution is 6.18. The second kappa shape index (κ2) is 6.32. The minimum atomic E-state index is 0.273. The van der Waals surface area contributed by atoms with Crippen molar-refractivity contribution in [3.8, 4) is 0 Å². The number of ether oxygens (including phenoxy) is 1. The van der Waals surface area contributed by atoms with Crippen LogP contribution < -0.4 is 0 Å². The minimum Gasteiger partial charge on any atom is -0.370 e. The lowest BCUT2D eigenvalue weighted by atomic mass is 9.83. The van der Waals surface area contributed by atoms with Crippen LogP contribution in [0, 0.1) is 0 Å². The van der Waals surface area contributed by atoms with Crippen LogP contribution in [0.25, 0.3) is 0 Å². The fourth-order valence-corrected chi connectivity index (χ4v) is 4.67. The molecule has 3 fully saturated rings. The van der Waals surface area contributed by atoms with Crippen molar-refractivity contribution in [2.75, 3.05) is 19.0 Å². The summed E-state index contributed by atoms with van der Waals surface area (Å²) in [4.78, 5) is 2.60. The molecule has 2 nitrogen and oxygen atoms in total. The number of piperidine rings is 1. The molecule has 0 aromatic carbocycles. The zero-order chi connectivity index (χ0) is 13.1. The van der Waals surface area contributed by atoms with E-state index in [9.17, 15) is 0 Å². The Morgan fingerprint density at radius 2 is 1.84 bits per heavy atom. The molecule has 3 rings (SSSR count). The first-order valence-electron chi connectivity index (χ1n) is 8.29. The van der Waals surface area contributed by atoms with Gasteiger partial charge in [-0.3, -0.25) is 4.90 Å². The Hall–Kier alpha value is 0.210. The highest BCUT2D eigenvalue weighted by atomic mass is 35.5. The quantitative estimate of drug-likeness (QED) is 0.728. The van der Waals surface area contributed by atoms with Gasteiger partial charge in [0.25, 0.3) is 0 Å². The van der Waals surface area contributed by atoms with E-state index in [0.29, 0.717) is 12.1 Å². The SMILES string of the molecule is ClCC1CCCCN1CC1CCC2(CCCCC2)O1. The number of rotatable bonds is 3. The van der Waals surface area contributed by atoms with Crippen molar-refractivity contribution in [3.63, 3.8) is 0 Å². The van der Waals surface area contributed by atoms with E-state index in [1.165, 1.54) is 70.8 Å². The molecule has 0 bridgehead atoms. The molecule has 0 amide bonds. The summed E-state index contributed by atoms with van der Waals surface area (Å²) in [5.41, 5.74) is 0.273. The molecule has 1 aliphatic carbocycles. The number of hydrogen-bond donors (Lipinski definition) is 0. The number of nitrogens with zero attached hydrogens (tertiary/aromatic N) is 1. The molecule has 1 spiro atoms. The molecule has 3 aliphatic rings. The Balaban J connectivity index is 1.53. The van der Waals surface area contributed by atoms with Crippen molar-refractivity contribution in [3.05, 3.63) is 0 Å². The fraction of sp³-hybridized carbons (Fsp3) is 1.00. The van der Waals surface area contributed by atoms with E-state index in [4.69, 9.17) is 16.3 Å². The summed E-state index contributed by atoms with van der Waals surface area (Å²) in [6, 6.07) is 0.599. The molecule has 2 saturated heterocycles. The molecule has 110 valence electrons. The maximum absolute atomic E-state index is 6.50. The third kappa shape index (κ3) is 3.28. The van der Waals surface area contributed by atoms with Gasteiger partial charge in [0, 0.05) is 18.5 Å². The van der Waals surface area contributed by atoms with Crippen LogP contribution in [0.2, 0.25) is 0 Å². The lowest BCUT2D eigenvalue weighted by Gasteiger charge is -2.37. The Morgan fingerprint density at radius 1 is 1.00 bits per heavy atom. The summed E-state index contributed by atoms with van der Waals surface area (Å²) in [6.45, 7) is 2.35. The van der Waals surface area contributed by atoms with Crippen LogP contribution >= 0.6 is 11.6 Å². The molecular weight excluding hydrogens is 258 g/mol. The summed E-state index contributed by atoms with van der Waals surface area (Å²) in [6.07, 6.45) is 13.8. The first kappa shape index (κ1) is 14.2. The maximum atomic E-state index is 6.50. The molecule has 2 atom stereocenters. The Morgan fingerprint density at radius 3 is 2.63 bits per heavy atom. The van der Waals surface area contributed by atoms with Crippen LogP contribution in [-0.4, -0.2) is 41.6 Å².